The molecule has 2 N–H and O–H groups in total. The predicted octanol–water partition coefficient (Wildman–Crippen LogP) is 3.98. The summed E-state index contributed by atoms with van der Waals surface area (Å²) >= 11 is 0. The molecule has 0 radical (unpaired) electrons. The van der Waals surface area contributed by atoms with Gasteiger partial charge in [-0.05, 0) is 55.3 Å². The van der Waals surface area contributed by atoms with Crippen molar-refractivity contribution in [1.29, 1.82) is 0 Å². The van der Waals surface area contributed by atoms with Crippen LogP contribution >= 0.6 is 0 Å². The molecule has 1 heterocycles. The van der Waals surface area contributed by atoms with Gasteiger partial charge in [-0.25, -0.2) is 8.78 Å². The molecular formula is C24H31F2N3O. The first-order valence-corrected chi connectivity index (χ1v) is 10.9. The number of nitrogens with one attached hydrogen (secondary N) is 1. The van der Waals surface area contributed by atoms with Crippen LogP contribution in [0, 0.1) is 11.6 Å². The maximum Gasteiger partial charge on any atom is 0.126 e. The van der Waals surface area contributed by atoms with Crippen LogP contribution in [0.25, 0.3) is 0 Å². The predicted molar refractivity (Wildman–Crippen MR) is 114 cm³/mol. The number of benzene rings is 2. The van der Waals surface area contributed by atoms with Gasteiger partial charge in [0.25, 0.3) is 0 Å². The fourth-order valence-electron chi connectivity index (χ4n) is 4.77. The Labute approximate surface area is 177 Å². The molecular weight excluding hydrogens is 384 g/mol. The Morgan fingerprint density at radius 1 is 0.967 bits per heavy atom. The van der Waals surface area contributed by atoms with Gasteiger partial charge in [-0.1, -0.05) is 18.9 Å². The van der Waals surface area contributed by atoms with Crippen molar-refractivity contribution in [3.05, 3.63) is 64.7 Å². The van der Waals surface area contributed by atoms with Gasteiger partial charge in [-0.3, -0.25) is 4.90 Å². The fourth-order valence-corrected chi connectivity index (χ4v) is 4.77. The molecule has 2 aromatic carbocycles. The van der Waals surface area contributed by atoms with Gasteiger partial charge in [0.2, 0.25) is 0 Å². The molecule has 0 spiro atoms. The molecule has 0 aromatic heterocycles. The van der Waals surface area contributed by atoms with E-state index in [1.165, 1.54) is 12.1 Å². The van der Waals surface area contributed by atoms with Gasteiger partial charge in [-0.2, -0.15) is 0 Å². The van der Waals surface area contributed by atoms with Crippen molar-refractivity contribution in [2.24, 2.45) is 0 Å². The number of hydrogen-bond donors (Lipinski definition) is 2. The second kappa shape index (κ2) is 9.00. The number of rotatable bonds is 6. The lowest BCUT2D eigenvalue weighted by atomic mass is 9.87. The van der Waals surface area contributed by atoms with Crippen molar-refractivity contribution in [1.82, 2.24) is 15.1 Å². The highest BCUT2D eigenvalue weighted by atomic mass is 19.1. The second-order valence-electron chi connectivity index (χ2n) is 8.84. The number of phenolic OH excluding ortho intramolecular Hbond substituents is 1. The molecule has 4 rings (SSSR count). The van der Waals surface area contributed by atoms with Crippen LogP contribution < -0.4 is 5.32 Å². The van der Waals surface area contributed by atoms with Gasteiger partial charge in [0, 0.05) is 56.4 Å². The maximum atomic E-state index is 13.9. The molecule has 2 aromatic rings. The lowest BCUT2D eigenvalue weighted by molar-refractivity contribution is 0.147. The van der Waals surface area contributed by atoms with Gasteiger partial charge in [-0.15, -0.1) is 0 Å². The summed E-state index contributed by atoms with van der Waals surface area (Å²) in [7, 11) is 2.13. The average Bonchev–Trinajstić information content (AvgIpc) is 3.20. The highest BCUT2D eigenvalue weighted by Gasteiger charge is 2.35. The molecule has 0 unspecified atom stereocenters. The number of likely N-dealkylation sites (N-methyl/N-ethyl adjacent to an activating group) is 1. The molecule has 0 atom stereocenters. The third-order valence-corrected chi connectivity index (χ3v) is 6.64. The van der Waals surface area contributed by atoms with Gasteiger partial charge >= 0.3 is 0 Å². The Morgan fingerprint density at radius 2 is 1.63 bits per heavy atom. The Morgan fingerprint density at radius 3 is 2.30 bits per heavy atom. The van der Waals surface area contributed by atoms with Crippen molar-refractivity contribution in [2.45, 2.75) is 44.3 Å². The Kier molecular flexibility index (Phi) is 6.37. The van der Waals surface area contributed by atoms with Crippen LogP contribution in [0.15, 0.2) is 36.4 Å². The fraction of sp³-hybridized carbons (Fsp3) is 0.500. The highest BCUT2D eigenvalue weighted by Crippen LogP contribution is 2.39. The molecule has 30 heavy (non-hydrogen) atoms. The van der Waals surface area contributed by atoms with E-state index < -0.39 is 17.2 Å². The van der Waals surface area contributed by atoms with E-state index in [1.54, 1.807) is 6.07 Å². The van der Waals surface area contributed by atoms with Gasteiger partial charge in [0.15, 0.2) is 0 Å². The molecule has 1 aliphatic heterocycles. The minimum Gasteiger partial charge on any atom is -0.508 e. The van der Waals surface area contributed by atoms with Crippen LogP contribution in [0.2, 0.25) is 0 Å². The number of aromatic hydroxyl groups is 1. The van der Waals surface area contributed by atoms with E-state index in [9.17, 15) is 13.9 Å². The molecule has 2 fully saturated rings. The SMILES string of the molecule is CN1CCN(Cc2cc(CNC3(c4cc(F)cc(F)c4)CCCC3)ccc2O)CC1. The van der Waals surface area contributed by atoms with Gasteiger partial charge in [0.05, 0.1) is 0 Å². The number of phenols is 1. The summed E-state index contributed by atoms with van der Waals surface area (Å²) in [6.07, 6.45) is 3.80. The van der Waals surface area contributed by atoms with Crippen molar-refractivity contribution in [2.75, 3.05) is 33.2 Å². The molecule has 1 saturated carbocycles. The zero-order valence-corrected chi connectivity index (χ0v) is 17.6. The summed E-state index contributed by atoms with van der Waals surface area (Å²) < 4.78 is 27.7. The third-order valence-electron chi connectivity index (χ3n) is 6.64. The first-order valence-electron chi connectivity index (χ1n) is 10.9. The largest absolute Gasteiger partial charge is 0.508 e. The topological polar surface area (TPSA) is 38.7 Å². The monoisotopic (exact) mass is 415 g/mol. The normalized spacial score (nSPS) is 20.0. The third kappa shape index (κ3) is 4.82. The van der Waals surface area contributed by atoms with Crippen molar-refractivity contribution in [3.63, 3.8) is 0 Å². The maximum absolute atomic E-state index is 13.9. The summed E-state index contributed by atoms with van der Waals surface area (Å²) in [5, 5.41) is 13.9. The van der Waals surface area contributed by atoms with Gasteiger partial charge < -0.3 is 15.3 Å². The van der Waals surface area contributed by atoms with Crippen LogP contribution in [0.3, 0.4) is 0 Å². The summed E-state index contributed by atoms with van der Waals surface area (Å²) in [5.74, 6) is -0.741. The van der Waals surface area contributed by atoms with Crippen molar-refractivity contribution < 1.29 is 13.9 Å². The van der Waals surface area contributed by atoms with E-state index in [4.69, 9.17) is 0 Å². The first-order chi connectivity index (χ1) is 14.4. The molecule has 1 saturated heterocycles. The van der Waals surface area contributed by atoms with E-state index in [0.29, 0.717) is 17.9 Å². The standard InChI is InChI=1S/C24H31F2N3O/c1-28-8-10-29(11-9-28)17-19-12-18(4-5-23(19)30)16-27-24(6-2-3-7-24)20-13-21(25)15-22(26)14-20/h4-5,12-15,27,30H,2-3,6-11,16-17H2,1H3. The minimum absolute atomic E-state index is 0.320. The number of nitrogens with zero attached hydrogens (tertiary/aromatic N) is 2. The number of hydrogen-bond acceptors (Lipinski definition) is 4. The van der Waals surface area contributed by atoms with Crippen LogP contribution in [-0.4, -0.2) is 48.1 Å². The van der Waals surface area contributed by atoms with Gasteiger partial charge in [0.1, 0.15) is 17.4 Å². The van der Waals surface area contributed by atoms with E-state index in [2.05, 4.69) is 28.2 Å². The Balaban J connectivity index is 1.48. The Bertz CT molecular complexity index is 854. The molecule has 1 aliphatic carbocycles. The molecule has 162 valence electrons. The second-order valence-corrected chi connectivity index (χ2v) is 8.84. The summed E-state index contributed by atoms with van der Waals surface area (Å²) in [6.45, 7) is 5.38. The highest BCUT2D eigenvalue weighted by molar-refractivity contribution is 5.36. The summed E-state index contributed by atoms with van der Waals surface area (Å²) in [6, 6.07) is 9.57. The zero-order chi connectivity index (χ0) is 21.1. The number of halogens is 2. The molecule has 6 heteroatoms. The van der Waals surface area contributed by atoms with Crippen LogP contribution in [0.4, 0.5) is 8.78 Å². The van der Waals surface area contributed by atoms with Crippen LogP contribution in [0.1, 0.15) is 42.4 Å². The minimum atomic E-state index is -0.530. The quantitative estimate of drug-likeness (QED) is 0.749. The average molecular weight is 416 g/mol. The molecule has 2 aliphatic rings. The van der Waals surface area contributed by atoms with E-state index in [0.717, 1.165) is 75.6 Å². The summed E-state index contributed by atoms with van der Waals surface area (Å²) in [4.78, 5) is 4.67. The van der Waals surface area contributed by atoms with E-state index in [1.807, 2.05) is 6.07 Å². The van der Waals surface area contributed by atoms with Crippen LogP contribution in [-0.2, 0) is 18.6 Å². The lowest BCUT2D eigenvalue weighted by Gasteiger charge is -2.33. The van der Waals surface area contributed by atoms with E-state index >= 15 is 0 Å². The first kappa shape index (κ1) is 21.2. The van der Waals surface area contributed by atoms with Crippen LogP contribution in [0.5, 0.6) is 5.75 Å². The molecule has 0 amide bonds. The smallest absolute Gasteiger partial charge is 0.126 e. The van der Waals surface area contributed by atoms with Crippen molar-refractivity contribution >= 4 is 0 Å². The van der Waals surface area contributed by atoms with E-state index in [-0.39, 0.29) is 0 Å². The zero-order valence-electron chi connectivity index (χ0n) is 17.6. The molecule has 4 nitrogen and oxygen atoms in total. The summed E-state index contributed by atoms with van der Waals surface area (Å²) in [5.41, 5.74) is 2.28. The van der Waals surface area contributed by atoms with Crippen molar-refractivity contribution in [3.8, 4) is 5.75 Å². The molecule has 0 bridgehead atoms. The number of piperazine rings is 1. The lowest BCUT2D eigenvalue weighted by Crippen LogP contribution is -2.43. The Hall–Kier alpha value is -2.02.